The van der Waals surface area contributed by atoms with Gasteiger partial charge < -0.3 is 11.1 Å². The van der Waals surface area contributed by atoms with Crippen molar-refractivity contribution in [2.24, 2.45) is 11.7 Å². The Morgan fingerprint density at radius 2 is 1.82 bits per heavy atom. The minimum Gasteiger partial charge on any atom is -0.349 e. The molecule has 1 fully saturated rings. The fourth-order valence-electron chi connectivity index (χ4n) is 2.77. The molecule has 0 spiro atoms. The fraction of sp³-hybridized carbons (Fsp3) is 0.588. The third-order valence-corrected chi connectivity index (χ3v) is 5.02. The van der Waals surface area contributed by atoms with Crippen LogP contribution < -0.4 is 11.1 Å². The van der Waals surface area contributed by atoms with Crippen LogP contribution in [0.15, 0.2) is 29.2 Å². The summed E-state index contributed by atoms with van der Waals surface area (Å²) in [6, 6.07) is 8.22. The predicted molar refractivity (Wildman–Crippen MR) is 96.9 cm³/mol. The summed E-state index contributed by atoms with van der Waals surface area (Å²) < 4.78 is 0. The summed E-state index contributed by atoms with van der Waals surface area (Å²) in [7, 11) is 0. The van der Waals surface area contributed by atoms with E-state index in [2.05, 4.69) is 19.2 Å². The maximum atomic E-state index is 12.3. The van der Waals surface area contributed by atoms with Crippen LogP contribution in [0.5, 0.6) is 0 Å². The van der Waals surface area contributed by atoms with Crippen LogP contribution in [0.2, 0.25) is 0 Å². The summed E-state index contributed by atoms with van der Waals surface area (Å²) in [6.45, 7) is 5.11. The first-order chi connectivity index (χ1) is 10.1. The van der Waals surface area contributed by atoms with Gasteiger partial charge in [0, 0.05) is 21.8 Å². The molecule has 0 heterocycles. The highest BCUT2D eigenvalue weighted by Gasteiger charge is 2.21. The second-order valence-electron chi connectivity index (χ2n) is 6.12. The van der Waals surface area contributed by atoms with Crippen molar-refractivity contribution in [2.45, 2.75) is 55.7 Å². The molecular weight excluding hydrogens is 316 g/mol. The molecule has 1 aromatic carbocycles. The van der Waals surface area contributed by atoms with Gasteiger partial charge in [0.2, 0.25) is 0 Å². The average molecular weight is 343 g/mol. The van der Waals surface area contributed by atoms with Crippen molar-refractivity contribution in [3.8, 4) is 0 Å². The normalized spacial score (nSPS) is 21.3. The molecule has 3 N–H and O–H groups in total. The SMILES string of the molecule is CC(C)Sc1ccc(C(=O)NC2CCC(CN)CC2)cc1.Cl. The van der Waals surface area contributed by atoms with Gasteiger partial charge in [0.25, 0.3) is 5.91 Å². The average Bonchev–Trinajstić information content (AvgIpc) is 2.48. The Morgan fingerprint density at radius 1 is 1.23 bits per heavy atom. The van der Waals surface area contributed by atoms with Crippen molar-refractivity contribution in [1.29, 1.82) is 0 Å². The van der Waals surface area contributed by atoms with Gasteiger partial charge in [0.1, 0.15) is 0 Å². The second kappa shape index (κ2) is 9.43. The molecule has 1 aromatic rings. The molecule has 0 saturated heterocycles. The minimum absolute atomic E-state index is 0. The first-order valence-corrected chi connectivity index (χ1v) is 8.74. The number of carbonyl (C=O) groups is 1. The summed E-state index contributed by atoms with van der Waals surface area (Å²) in [4.78, 5) is 13.5. The van der Waals surface area contributed by atoms with Gasteiger partial charge in [-0.3, -0.25) is 4.79 Å². The molecule has 0 bridgehead atoms. The van der Waals surface area contributed by atoms with Gasteiger partial charge in [-0.15, -0.1) is 24.2 Å². The molecule has 0 atom stereocenters. The molecule has 0 aromatic heterocycles. The van der Waals surface area contributed by atoms with E-state index in [-0.39, 0.29) is 18.3 Å². The molecule has 3 nitrogen and oxygen atoms in total. The zero-order chi connectivity index (χ0) is 15.2. The van der Waals surface area contributed by atoms with Crippen molar-refractivity contribution in [3.63, 3.8) is 0 Å². The molecule has 5 heteroatoms. The molecule has 2 rings (SSSR count). The Hall–Kier alpha value is -0.710. The largest absolute Gasteiger partial charge is 0.349 e. The van der Waals surface area contributed by atoms with Crippen molar-refractivity contribution in [1.82, 2.24) is 5.32 Å². The molecule has 1 aliphatic carbocycles. The Bertz CT molecular complexity index is 456. The van der Waals surface area contributed by atoms with Gasteiger partial charge in [-0.25, -0.2) is 0 Å². The van der Waals surface area contributed by atoms with Crippen LogP contribution in [0.4, 0.5) is 0 Å². The molecule has 0 unspecified atom stereocenters. The van der Waals surface area contributed by atoms with Crippen molar-refractivity contribution in [2.75, 3.05) is 6.54 Å². The number of amides is 1. The minimum atomic E-state index is 0. The molecular formula is C17H27ClN2OS. The fourth-order valence-corrected chi connectivity index (χ4v) is 3.61. The highest BCUT2D eigenvalue weighted by atomic mass is 35.5. The van der Waals surface area contributed by atoms with Crippen LogP contribution in [0.25, 0.3) is 0 Å². The lowest BCUT2D eigenvalue weighted by atomic mass is 9.86. The van der Waals surface area contributed by atoms with E-state index in [0.717, 1.165) is 37.8 Å². The molecule has 0 aliphatic heterocycles. The standard InChI is InChI=1S/C17H26N2OS.ClH/c1-12(2)21-16-9-5-14(6-10-16)17(20)19-15-7-3-13(11-18)4-8-15;/h5-6,9-10,12-13,15H,3-4,7-8,11,18H2,1-2H3,(H,19,20);1H. The lowest BCUT2D eigenvalue weighted by Gasteiger charge is -2.28. The summed E-state index contributed by atoms with van der Waals surface area (Å²) in [6.07, 6.45) is 4.36. The number of hydrogen-bond donors (Lipinski definition) is 2. The lowest BCUT2D eigenvalue weighted by molar-refractivity contribution is 0.0922. The number of thioether (sulfide) groups is 1. The zero-order valence-electron chi connectivity index (χ0n) is 13.4. The Balaban J connectivity index is 0.00000242. The van der Waals surface area contributed by atoms with Crippen LogP contribution in [0.3, 0.4) is 0 Å². The first kappa shape index (κ1) is 19.3. The number of halogens is 1. The van der Waals surface area contributed by atoms with Crippen LogP contribution in [0, 0.1) is 5.92 Å². The zero-order valence-corrected chi connectivity index (χ0v) is 15.0. The number of rotatable bonds is 5. The number of hydrogen-bond acceptors (Lipinski definition) is 3. The molecule has 124 valence electrons. The van der Waals surface area contributed by atoms with Crippen LogP contribution in [0.1, 0.15) is 49.9 Å². The van der Waals surface area contributed by atoms with Crippen molar-refractivity contribution < 1.29 is 4.79 Å². The van der Waals surface area contributed by atoms with Gasteiger partial charge in [0.05, 0.1) is 0 Å². The van der Waals surface area contributed by atoms with Crippen LogP contribution in [-0.2, 0) is 0 Å². The van der Waals surface area contributed by atoms with Crippen LogP contribution >= 0.6 is 24.2 Å². The molecule has 1 saturated carbocycles. The van der Waals surface area contributed by atoms with E-state index < -0.39 is 0 Å². The Kier molecular flexibility index (Phi) is 8.29. The highest BCUT2D eigenvalue weighted by Crippen LogP contribution is 2.25. The van der Waals surface area contributed by atoms with E-state index in [1.54, 1.807) is 0 Å². The van der Waals surface area contributed by atoms with Gasteiger partial charge in [-0.1, -0.05) is 13.8 Å². The van der Waals surface area contributed by atoms with Gasteiger partial charge in [-0.05, 0) is 62.4 Å². The van der Waals surface area contributed by atoms with E-state index in [1.165, 1.54) is 4.90 Å². The quantitative estimate of drug-likeness (QED) is 0.799. The summed E-state index contributed by atoms with van der Waals surface area (Å²) in [5.41, 5.74) is 6.45. The molecule has 0 radical (unpaired) electrons. The number of benzene rings is 1. The Labute approximate surface area is 144 Å². The number of nitrogens with two attached hydrogens (primary N) is 1. The first-order valence-electron chi connectivity index (χ1n) is 7.86. The van der Waals surface area contributed by atoms with Crippen LogP contribution in [-0.4, -0.2) is 23.7 Å². The highest BCUT2D eigenvalue weighted by molar-refractivity contribution is 7.99. The second-order valence-corrected chi connectivity index (χ2v) is 7.77. The monoisotopic (exact) mass is 342 g/mol. The topological polar surface area (TPSA) is 55.1 Å². The lowest BCUT2D eigenvalue weighted by Crippen LogP contribution is -2.38. The maximum absolute atomic E-state index is 12.3. The van der Waals surface area contributed by atoms with Gasteiger partial charge >= 0.3 is 0 Å². The predicted octanol–water partition coefficient (Wildman–Crippen LogP) is 3.86. The smallest absolute Gasteiger partial charge is 0.251 e. The third kappa shape index (κ3) is 5.82. The van der Waals surface area contributed by atoms with E-state index in [9.17, 15) is 4.79 Å². The number of nitrogens with one attached hydrogen (secondary N) is 1. The molecule has 1 amide bonds. The van der Waals surface area contributed by atoms with E-state index in [1.807, 2.05) is 36.0 Å². The van der Waals surface area contributed by atoms with Crippen molar-refractivity contribution in [3.05, 3.63) is 29.8 Å². The number of carbonyl (C=O) groups excluding carboxylic acids is 1. The van der Waals surface area contributed by atoms with E-state index in [0.29, 0.717) is 17.2 Å². The summed E-state index contributed by atoms with van der Waals surface area (Å²) in [5.74, 6) is 0.692. The Morgan fingerprint density at radius 3 is 2.32 bits per heavy atom. The van der Waals surface area contributed by atoms with Gasteiger partial charge in [-0.2, -0.15) is 0 Å². The van der Waals surface area contributed by atoms with Gasteiger partial charge in [0.15, 0.2) is 0 Å². The van der Waals surface area contributed by atoms with E-state index in [4.69, 9.17) is 5.73 Å². The summed E-state index contributed by atoms with van der Waals surface area (Å²) in [5, 5.41) is 3.71. The molecule has 22 heavy (non-hydrogen) atoms. The summed E-state index contributed by atoms with van der Waals surface area (Å²) >= 11 is 1.81. The third-order valence-electron chi connectivity index (χ3n) is 4.00. The maximum Gasteiger partial charge on any atom is 0.251 e. The van der Waals surface area contributed by atoms with E-state index >= 15 is 0 Å². The molecule has 1 aliphatic rings. The van der Waals surface area contributed by atoms with Crippen molar-refractivity contribution >= 4 is 30.1 Å².